The van der Waals surface area contributed by atoms with Gasteiger partial charge in [0.05, 0.1) is 7.11 Å². The second kappa shape index (κ2) is 5.25. The molecular weight excluding hydrogens is 238 g/mol. The van der Waals surface area contributed by atoms with Gasteiger partial charge in [-0.15, -0.1) is 0 Å². The first-order valence-electron chi connectivity index (χ1n) is 4.66. The molecule has 0 heterocycles. The number of halogens is 3. The van der Waals surface area contributed by atoms with E-state index in [1.807, 2.05) is 0 Å². The lowest BCUT2D eigenvalue weighted by molar-refractivity contribution is -0.133. The molecule has 1 aromatic carbocycles. The van der Waals surface area contributed by atoms with E-state index in [9.17, 15) is 13.6 Å². The highest BCUT2D eigenvalue weighted by Gasteiger charge is 2.34. The van der Waals surface area contributed by atoms with Crippen molar-refractivity contribution in [3.63, 3.8) is 0 Å². The Morgan fingerprint density at radius 3 is 2.38 bits per heavy atom. The van der Waals surface area contributed by atoms with Gasteiger partial charge in [0.1, 0.15) is 5.75 Å². The van der Waals surface area contributed by atoms with E-state index in [1.54, 1.807) is 24.3 Å². The van der Waals surface area contributed by atoms with Crippen LogP contribution in [0.1, 0.15) is 12.0 Å². The van der Waals surface area contributed by atoms with E-state index >= 15 is 0 Å². The number of ether oxygens (including phenoxy) is 1. The predicted octanol–water partition coefficient (Wildman–Crippen LogP) is 3.03. The first-order chi connectivity index (χ1) is 7.43. The van der Waals surface area contributed by atoms with Crippen molar-refractivity contribution in [2.75, 3.05) is 7.11 Å². The number of aryl methyl sites for hydroxylation is 1. The molecule has 16 heavy (non-hydrogen) atoms. The monoisotopic (exact) mass is 248 g/mol. The van der Waals surface area contributed by atoms with Crippen LogP contribution in [0.5, 0.6) is 5.75 Å². The number of methoxy groups -OCH3 is 1. The summed E-state index contributed by atoms with van der Waals surface area (Å²) < 4.78 is 29.6. The number of ketones is 1. The molecule has 0 saturated heterocycles. The molecule has 2 nitrogen and oxygen atoms in total. The molecule has 0 amide bonds. The van der Waals surface area contributed by atoms with Gasteiger partial charge in [0, 0.05) is 6.42 Å². The number of rotatable bonds is 5. The summed E-state index contributed by atoms with van der Waals surface area (Å²) in [6, 6.07) is 6.86. The zero-order chi connectivity index (χ0) is 12.2. The molecule has 88 valence electrons. The number of benzene rings is 1. The van der Waals surface area contributed by atoms with Gasteiger partial charge in [-0.2, -0.15) is 8.78 Å². The van der Waals surface area contributed by atoms with Crippen LogP contribution in [0.2, 0.25) is 0 Å². The number of carbonyl (C=O) groups is 1. The third-order valence-electron chi connectivity index (χ3n) is 2.12. The summed E-state index contributed by atoms with van der Waals surface area (Å²) in [5.41, 5.74) is 0.787. The molecule has 0 aromatic heterocycles. The van der Waals surface area contributed by atoms with E-state index in [0.29, 0.717) is 5.75 Å². The van der Waals surface area contributed by atoms with Gasteiger partial charge in [-0.3, -0.25) is 4.79 Å². The average Bonchev–Trinajstić information content (AvgIpc) is 2.25. The minimum atomic E-state index is -3.76. The van der Waals surface area contributed by atoms with Crippen LogP contribution < -0.4 is 4.74 Å². The average molecular weight is 249 g/mol. The third-order valence-corrected chi connectivity index (χ3v) is 2.33. The summed E-state index contributed by atoms with van der Waals surface area (Å²) in [4.78, 5) is 10.9. The van der Waals surface area contributed by atoms with Crippen LogP contribution in [-0.4, -0.2) is 18.3 Å². The fourth-order valence-corrected chi connectivity index (χ4v) is 1.29. The molecule has 1 rings (SSSR count). The van der Waals surface area contributed by atoms with Crippen LogP contribution in [-0.2, 0) is 11.2 Å². The van der Waals surface area contributed by atoms with Crippen molar-refractivity contribution in [2.45, 2.75) is 18.2 Å². The number of hydrogen-bond donors (Lipinski definition) is 0. The second-order valence-corrected chi connectivity index (χ2v) is 3.74. The quantitative estimate of drug-likeness (QED) is 0.749. The van der Waals surface area contributed by atoms with E-state index in [1.165, 1.54) is 7.11 Å². The third kappa shape index (κ3) is 3.77. The van der Waals surface area contributed by atoms with Crippen molar-refractivity contribution in [3.8, 4) is 5.75 Å². The molecule has 0 radical (unpaired) electrons. The Morgan fingerprint density at radius 2 is 1.94 bits per heavy atom. The van der Waals surface area contributed by atoms with Gasteiger partial charge in [0.25, 0.3) is 0 Å². The van der Waals surface area contributed by atoms with Crippen molar-refractivity contribution in [2.24, 2.45) is 0 Å². The van der Waals surface area contributed by atoms with Crippen LogP contribution in [0.3, 0.4) is 0 Å². The van der Waals surface area contributed by atoms with E-state index in [0.717, 1.165) is 5.56 Å². The summed E-state index contributed by atoms with van der Waals surface area (Å²) in [5.74, 6) is -0.581. The molecule has 0 atom stereocenters. The Hall–Kier alpha value is -1.16. The van der Waals surface area contributed by atoms with Crippen molar-refractivity contribution >= 4 is 17.4 Å². The summed E-state index contributed by atoms with van der Waals surface area (Å²) >= 11 is 4.59. The summed E-state index contributed by atoms with van der Waals surface area (Å²) in [5, 5.41) is -3.76. The van der Waals surface area contributed by atoms with Gasteiger partial charge in [-0.1, -0.05) is 12.1 Å². The van der Waals surface area contributed by atoms with Gasteiger partial charge < -0.3 is 4.74 Å². The maximum absolute atomic E-state index is 12.3. The topological polar surface area (TPSA) is 26.3 Å². The zero-order valence-electron chi connectivity index (χ0n) is 8.67. The SMILES string of the molecule is COc1ccc(CCC(=O)C(F)(F)Cl)cc1. The molecule has 0 saturated carbocycles. The van der Waals surface area contributed by atoms with Crippen LogP contribution in [0.15, 0.2) is 24.3 Å². The van der Waals surface area contributed by atoms with Crippen molar-refractivity contribution in [1.82, 2.24) is 0 Å². The van der Waals surface area contributed by atoms with E-state index < -0.39 is 11.2 Å². The van der Waals surface area contributed by atoms with Crippen LogP contribution in [0.4, 0.5) is 8.78 Å². The minimum absolute atomic E-state index is 0.241. The van der Waals surface area contributed by atoms with Gasteiger partial charge >= 0.3 is 5.38 Å². The molecule has 0 unspecified atom stereocenters. The van der Waals surface area contributed by atoms with E-state index in [2.05, 4.69) is 11.6 Å². The molecule has 0 aliphatic carbocycles. The molecule has 0 N–H and O–H groups in total. The lowest BCUT2D eigenvalue weighted by atomic mass is 10.1. The highest BCUT2D eigenvalue weighted by molar-refractivity contribution is 6.32. The number of carbonyl (C=O) groups excluding carboxylic acids is 1. The Bertz CT molecular complexity index is 357. The Kier molecular flexibility index (Phi) is 4.24. The van der Waals surface area contributed by atoms with Crippen molar-refractivity contribution < 1.29 is 18.3 Å². The summed E-state index contributed by atoms with van der Waals surface area (Å²) in [6.07, 6.45) is -0.0338. The number of Topliss-reactive ketones (excluding diaryl/α,β-unsaturated/α-hetero) is 1. The Morgan fingerprint density at radius 1 is 1.38 bits per heavy atom. The first-order valence-corrected chi connectivity index (χ1v) is 5.04. The van der Waals surface area contributed by atoms with Crippen LogP contribution in [0, 0.1) is 0 Å². The van der Waals surface area contributed by atoms with Gasteiger partial charge in [-0.05, 0) is 35.7 Å². The highest BCUT2D eigenvalue weighted by Crippen LogP contribution is 2.22. The summed E-state index contributed by atoms with van der Waals surface area (Å²) in [7, 11) is 1.53. The van der Waals surface area contributed by atoms with E-state index in [4.69, 9.17) is 4.74 Å². The molecule has 0 fully saturated rings. The Labute approximate surface area is 97.2 Å². The maximum atomic E-state index is 12.3. The lowest BCUT2D eigenvalue weighted by Gasteiger charge is -2.06. The highest BCUT2D eigenvalue weighted by atomic mass is 35.5. The molecule has 0 spiro atoms. The van der Waals surface area contributed by atoms with Crippen molar-refractivity contribution in [3.05, 3.63) is 29.8 Å². The van der Waals surface area contributed by atoms with Gasteiger partial charge in [-0.25, -0.2) is 0 Å². The standard InChI is InChI=1S/C11H11ClF2O2/c1-16-9-5-2-8(3-6-9)4-7-10(15)11(12,13)14/h2-3,5-6H,4,7H2,1H3. The number of hydrogen-bond acceptors (Lipinski definition) is 2. The fourth-order valence-electron chi connectivity index (χ4n) is 1.19. The molecule has 0 bridgehead atoms. The molecule has 0 aliphatic rings. The van der Waals surface area contributed by atoms with Crippen molar-refractivity contribution in [1.29, 1.82) is 0 Å². The largest absolute Gasteiger partial charge is 0.497 e. The molecule has 0 aliphatic heterocycles. The maximum Gasteiger partial charge on any atom is 0.380 e. The Balaban J connectivity index is 2.52. The fraction of sp³-hybridized carbons (Fsp3) is 0.364. The smallest absolute Gasteiger partial charge is 0.380 e. The van der Waals surface area contributed by atoms with Gasteiger partial charge in [0.15, 0.2) is 0 Å². The first kappa shape index (κ1) is 12.9. The second-order valence-electron chi connectivity index (χ2n) is 3.27. The van der Waals surface area contributed by atoms with Gasteiger partial charge in [0.2, 0.25) is 5.78 Å². The van der Waals surface area contributed by atoms with E-state index in [-0.39, 0.29) is 12.8 Å². The summed E-state index contributed by atoms with van der Waals surface area (Å²) in [6.45, 7) is 0. The molecular formula is C11H11ClF2O2. The van der Waals surface area contributed by atoms with Crippen LogP contribution in [0.25, 0.3) is 0 Å². The van der Waals surface area contributed by atoms with Crippen LogP contribution >= 0.6 is 11.6 Å². The normalized spacial score (nSPS) is 11.2. The predicted molar refractivity (Wildman–Crippen MR) is 57.1 cm³/mol. The molecule has 5 heteroatoms. The zero-order valence-corrected chi connectivity index (χ0v) is 9.43. The number of alkyl halides is 3. The minimum Gasteiger partial charge on any atom is -0.497 e. The lowest BCUT2D eigenvalue weighted by Crippen LogP contribution is -2.21. The molecule has 1 aromatic rings.